The number of hydrogen-bond donors (Lipinski definition) is 4. The highest BCUT2D eigenvalue weighted by Crippen LogP contribution is 2.39. The molecule has 8 nitrogen and oxygen atoms in total. The van der Waals surface area contributed by atoms with Crippen molar-refractivity contribution in [1.29, 1.82) is 0 Å². The van der Waals surface area contributed by atoms with Crippen molar-refractivity contribution in [3.63, 3.8) is 0 Å². The van der Waals surface area contributed by atoms with E-state index in [0.29, 0.717) is 35.9 Å². The van der Waals surface area contributed by atoms with Crippen molar-refractivity contribution < 1.29 is 19.4 Å². The first-order valence-corrected chi connectivity index (χ1v) is 13.5. The molecule has 5 rings (SSSR count). The van der Waals surface area contributed by atoms with Crippen LogP contribution in [0.15, 0.2) is 84.9 Å². The van der Waals surface area contributed by atoms with Crippen LogP contribution in [0.5, 0.6) is 11.5 Å². The molecule has 0 saturated heterocycles. The number of benzene rings is 3. The molecule has 0 spiro atoms. The van der Waals surface area contributed by atoms with E-state index in [0.717, 1.165) is 21.8 Å². The minimum atomic E-state index is -1.02. The zero-order valence-corrected chi connectivity index (χ0v) is 22.3. The first kappa shape index (κ1) is 26.3. The number of nitrogen functional groups attached to an aromatic ring is 1. The number of carbonyl (C=O) groups is 2. The molecule has 1 aliphatic heterocycles. The lowest BCUT2D eigenvalue weighted by Gasteiger charge is -2.40. The molecule has 2 heterocycles. The fraction of sp³-hybridized carbons (Fsp3) is 0.200. The highest BCUT2D eigenvalue weighted by Gasteiger charge is 2.35. The van der Waals surface area contributed by atoms with E-state index in [1.807, 2.05) is 48.5 Å². The Morgan fingerprint density at radius 3 is 2.33 bits per heavy atom. The topological polar surface area (TPSA) is 117 Å². The van der Waals surface area contributed by atoms with Gasteiger partial charge in [0.25, 0.3) is 0 Å². The van der Waals surface area contributed by atoms with Gasteiger partial charge < -0.3 is 26.2 Å². The average molecular weight is 543 g/mol. The first-order chi connectivity index (χ1) is 18.9. The Kier molecular flexibility index (Phi) is 7.81. The molecular weight excluding hydrogens is 512 g/mol. The second-order valence-corrected chi connectivity index (χ2v) is 10.6. The molecule has 5 N–H and O–H groups in total. The average Bonchev–Trinajstić information content (AvgIpc) is 3.28. The Morgan fingerprint density at radius 1 is 1.03 bits per heavy atom. The van der Waals surface area contributed by atoms with Crippen molar-refractivity contribution in [3.05, 3.63) is 106 Å². The van der Waals surface area contributed by atoms with Gasteiger partial charge in [0, 0.05) is 35.7 Å². The largest absolute Gasteiger partial charge is 0.478 e. The SMILES string of the molecule is C[C@H](c1ccccc1)N1Cc2sc(N)c(C(=O)O)c2C[C@H]1CNC(=O)Nc1ccc(Oc2ccccc2)cc1. The van der Waals surface area contributed by atoms with Crippen molar-refractivity contribution in [3.8, 4) is 11.5 Å². The van der Waals surface area contributed by atoms with Crippen molar-refractivity contribution >= 4 is 34.0 Å². The quantitative estimate of drug-likeness (QED) is 0.213. The normalized spacial score (nSPS) is 15.7. The molecule has 200 valence electrons. The molecule has 9 heteroatoms. The maximum absolute atomic E-state index is 12.8. The fourth-order valence-electron chi connectivity index (χ4n) is 4.94. The number of aromatic carboxylic acids is 1. The first-order valence-electron chi connectivity index (χ1n) is 12.7. The third-order valence-corrected chi connectivity index (χ3v) is 7.98. The number of nitrogens with two attached hydrogens (primary N) is 1. The van der Waals surface area contributed by atoms with E-state index in [1.165, 1.54) is 11.3 Å². The van der Waals surface area contributed by atoms with Crippen LogP contribution >= 0.6 is 11.3 Å². The standard InChI is InChI=1S/C30H30N4O4S/c1-19(20-8-4-2-5-9-20)34-18-26-25(27(29(35)36)28(31)39-26)16-22(34)17-32-30(37)33-21-12-14-24(15-13-21)38-23-10-6-3-7-11-23/h2-15,19,22H,16-18,31H2,1H3,(H,35,36)(H2,32,33,37)/t19-,22+/m1/s1. The predicted molar refractivity (Wildman–Crippen MR) is 154 cm³/mol. The van der Waals surface area contributed by atoms with Gasteiger partial charge in [-0.2, -0.15) is 0 Å². The van der Waals surface area contributed by atoms with Crippen LogP contribution in [0.2, 0.25) is 0 Å². The Balaban J connectivity index is 1.27. The van der Waals surface area contributed by atoms with Crippen LogP contribution in [0.25, 0.3) is 0 Å². The van der Waals surface area contributed by atoms with E-state index in [2.05, 4.69) is 34.6 Å². The van der Waals surface area contributed by atoms with Crippen LogP contribution in [-0.4, -0.2) is 34.6 Å². The number of para-hydroxylation sites is 1. The molecule has 0 aliphatic carbocycles. The number of carbonyl (C=O) groups excluding carboxylic acids is 1. The molecule has 2 amide bonds. The molecule has 0 bridgehead atoms. The van der Waals surface area contributed by atoms with Crippen LogP contribution < -0.4 is 21.1 Å². The summed E-state index contributed by atoms with van der Waals surface area (Å²) < 4.78 is 5.81. The number of nitrogens with one attached hydrogen (secondary N) is 2. The van der Waals surface area contributed by atoms with Crippen molar-refractivity contribution in [2.75, 3.05) is 17.6 Å². The number of fused-ring (bicyclic) bond motifs is 1. The Hall–Kier alpha value is -4.34. The van der Waals surface area contributed by atoms with Crippen molar-refractivity contribution in [1.82, 2.24) is 10.2 Å². The summed E-state index contributed by atoms with van der Waals surface area (Å²) in [7, 11) is 0. The van der Waals surface area contributed by atoms with Gasteiger partial charge in [0.1, 0.15) is 16.5 Å². The van der Waals surface area contributed by atoms with Gasteiger partial charge in [-0.1, -0.05) is 48.5 Å². The molecule has 1 aromatic heterocycles. The Bertz CT molecular complexity index is 1440. The molecule has 0 radical (unpaired) electrons. The molecule has 39 heavy (non-hydrogen) atoms. The molecule has 0 saturated carbocycles. The van der Waals surface area contributed by atoms with Crippen LogP contribution in [0, 0.1) is 0 Å². The van der Waals surface area contributed by atoms with Gasteiger partial charge in [-0.05, 0) is 60.9 Å². The lowest BCUT2D eigenvalue weighted by molar-refractivity contribution is 0.0693. The van der Waals surface area contributed by atoms with E-state index in [9.17, 15) is 14.7 Å². The summed E-state index contributed by atoms with van der Waals surface area (Å²) in [5.41, 5.74) is 8.83. The minimum absolute atomic E-state index is 0.0583. The smallest absolute Gasteiger partial charge is 0.338 e. The molecule has 3 aromatic carbocycles. The zero-order valence-electron chi connectivity index (χ0n) is 21.5. The summed E-state index contributed by atoms with van der Waals surface area (Å²) in [5, 5.41) is 15.9. The monoisotopic (exact) mass is 542 g/mol. The van der Waals surface area contributed by atoms with Crippen molar-refractivity contribution in [2.45, 2.75) is 32.0 Å². The highest BCUT2D eigenvalue weighted by molar-refractivity contribution is 7.16. The van der Waals surface area contributed by atoms with Gasteiger partial charge in [-0.15, -0.1) is 11.3 Å². The van der Waals surface area contributed by atoms with Gasteiger partial charge in [-0.25, -0.2) is 9.59 Å². The maximum Gasteiger partial charge on any atom is 0.338 e. The molecule has 0 unspecified atom stereocenters. The second-order valence-electron chi connectivity index (χ2n) is 9.44. The summed E-state index contributed by atoms with van der Waals surface area (Å²) in [6.07, 6.45) is 0.480. The minimum Gasteiger partial charge on any atom is -0.478 e. The van der Waals surface area contributed by atoms with E-state index in [4.69, 9.17) is 10.5 Å². The summed E-state index contributed by atoms with van der Waals surface area (Å²) in [4.78, 5) is 28.0. The molecule has 2 atom stereocenters. The number of carboxylic acids is 1. The number of urea groups is 1. The van der Waals surface area contributed by atoms with Gasteiger partial charge in [-0.3, -0.25) is 4.90 Å². The van der Waals surface area contributed by atoms with E-state index >= 15 is 0 Å². The van der Waals surface area contributed by atoms with Crippen molar-refractivity contribution in [2.24, 2.45) is 0 Å². The van der Waals surface area contributed by atoms with Gasteiger partial charge in [0.2, 0.25) is 0 Å². The summed E-state index contributed by atoms with van der Waals surface area (Å²) >= 11 is 1.34. The third kappa shape index (κ3) is 6.05. The Labute approximate surface area is 231 Å². The lowest BCUT2D eigenvalue weighted by Crippen LogP contribution is -2.48. The summed E-state index contributed by atoms with van der Waals surface area (Å²) in [5.74, 6) is 0.387. The number of hydrogen-bond acceptors (Lipinski definition) is 6. The number of thiophene rings is 1. The van der Waals surface area contributed by atoms with Crippen LogP contribution in [0.3, 0.4) is 0 Å². The second kappa shape index (κ2) is 11.6. The summed E-state index contributed by atoms with van der Waals surface area (Å²) in [6, 6.07) is 26.4. The third-order valence-electron chi connectivity index (χ3n) is 6.94. The molecule has 0 fully saturated rings. The molecule has 1 aliphatic rings. The van der Waals surface area contributed by atoms with Crippen LogP contribution in [-0.2, 0) is 13.0 Å². The molecular formula is C30H30N4O4S. The summed E-state index contributed by atoms with van der Waals surface area (Å²) in [6.45, 7) is 3.03. The van der Waals surface area contributed by atoms with Crippen LogP contribution in [0.1, 0.15) is 39.3 Å². The van der Waals surface area contributed by atoms with E-state index < -0.39 is 5.97 Å². The van der Waals surface area contributed by atoms with Gasteiger partial charge >= 0.3 is 12.0 Å². The number of ether oxygens (including phenoxy) is 1. The number of nitrogens with zero attached hydrogens (tertiary/aromatic N) is 1. The van der Waals surface area contributed by atoms with E-state index in [1.54, 1.807) is 24.3 Å². The maximum atomic E-state index is 12.8. The number of rotatable bonds is 8. The zero-order chi connectivity index (χ0) is 27.4. The molecule has 4 aromatic rings. The fourth-order valence-corrected chi connectivity index (χ4v) is 6.04. The van der Waals surface area contributed by atoms with Crippen LogP contribution in [0.4, 0.5) is 15.5 Å². The lowest BCUT2D eigenvalue weighted by atomic mass is 9.93. The number of carboxylic acid groups (broad SMARTS) is 1. The number of anilines is 2. The predicted octanol–water partition coefficient (Wildman–Crippen LogP) is 6.13. The van der Waals surface area contributed by atoms with Gasteiger partial charge in [0.05, 0.1) is 5.56 Å². The highest BCUT2D eigenvalue weighted by atomic mass is 32.1. The van der Waals surface area contributed by atoms with Gasteiger partial charge in [0.15, 0.2) is 0 Å². The number of amides is 2. The van der Waals surface area contributed by atoms with E-state index in [-0.39, 0.29) is 23.7 Å². The Morgan fingerprint density at radius 2 is 1.67 bits per heavy atom.